The van der Waals surface area contributed by atoms with Crippen LogP contribution in [-0.2, 0) is 6.61 Å². The molecule has 2 aromatic rings. The Morgan fingerprint density at radius 2 is 2.17 bits per heavy atom. The van der Waals surface area contributed by atoms with Crippen LogP contribution in [0.1, 0.15) is 31.4 Å². The van der Waals surface area contributed by atoms with Crippen LogP contribution in [-0.4, -0.2) is 14.7 Å². The van der Waals surface area contributed by atoms with Crippen LogP contribution in [0.4, 0.5) is 0 Å². The zero-order valence-electron chi connectivity index (χ0n) is 10.9. The first-order valence-electron chi connectivity index (χ1n) is 6.02. The van der Waals surface area contributed by atoms with E-state index >= 15 is 0 Å². The summed E-state index contributed by atoms with van der Waals surface area (Å²) < 4.78 is 7.80. The fourth-order valence-corrected chi connectivity index (χ4v) is 2.04. The maximum absolute atomic E-state index is 9.36. The molecule has 0 saturated heterocycles. The molecule has 0 bridgehead atoms. The first kappa shape index (κ1) is 12.5. The molecule has 1 aromatic carbocycles. The highest BCUT2D eigenvalue weighted by molar-refractivity contribution is 5.31. The van der Waals surface area contributed by atoms with Crippen molar-refractivity contribution >= 4 is 0 Å². The van der Waals surface area contributed by atoms with Gasteiger partial charge < -0.3 is 14.4 Å². The van der Waals surface area contributed by atoms with Gasteiger partial charge in [0.2, 0.25) is 0 Å². The number of phenolic OH excluding ortho intramolecular Hbond substituents is 1. The Labute approximate surface area is 107 Å². The number of ether oxygens (including phenoxy) is 1. The highest BCUT2D eigenvalue weighted by Crippen LogP contribution is 2.20. The number of aromatic hydroxyl groups is 1. The molecule has 4 heteroatoms. The fourth-order valence-electron chi connectivity index (χ4n) is 2.04. The first-order valence-corrected chi connectivity index (χ1v) is 6.02. The Kier molecular flexibility index (Phi) is 3.55. The van der Waals surface area contributed by atoms with E-state index in [1.807, 2.05) is 19.2 Å². The number of benzene rings is 1. The van der Waals surface area contributed by atoms with E-state index < -0.39 is 0 Å². The topological polar surface area (TPSA) is 47.3 Å². The second-order valence-corrected chi connectivity index (χ2v) is 4.55. The van der Waals surface area contributed by atoms with E-state index in [0.717, 1.165) is 11.5 Å². The first-order chi connectivity index (χ1) is 8.58. The summed E-state index contributed by atoms with van der Waals surface area (Å²) in [5.74, 6) is 1.85. The van der Waals surface area contributed by atoms with Gasteiger partial charge in [-0.2, -0.15) is 0 Å². The molecule has 0 aliphatic carbocycles. The summed E-state index contributed by atoms with van der Waals surface area (Å²) in [6.45, 7) is 6.67. The average Bonchev–Trinajstić information content (AvgIpc) is 2.68. The molecule has 4 nitrogen and oxygen atoms in total. The molecule has 0 spiro atoms. The van der Waals surface area contributed by atoms with Crippen molar-refractivity contribution in [1.29, 1.82) is 0 Å². The Bertz CT molecular complexity index is 532. The van der Waals surface area contributed by atoms with Crippen molar-refractivity contribution in [2.75, 3.05) is 0 Å². The van der Waals surface area contributed by atoms with Crippen LogP contribution < -0.4 is 4.74 Å². The van der Waals surface area contributed by atoms with Gasteiger partial charge in [-0.15, -0.1) is 0 Å². The fraction of sp³-hybridized carbons (Fsp3) is 0.357. The second-order valence-electron chi connectivity index (χ2n) is 4.55. The molecule has 1 aromatic heterocycles. The number of aryl methyl sites for hydroxylation is 1. The zero-order chi connectivity index (χ0) is 13.1. The number of aromatic nitrogens is 2. The van der Waals surface area contributed by atoms with E-state index in [2.05, 4.69) is 23.4 Å². The molecule has 18 heavy (non-hydrogen) atoms. The van der Waals surface area contributed by atoms with Crippen LogP contribution in [0.25, 0.3) is 0 Å². The number of hydrogen-bond donors (Lipinski definition) is 1. The Morgan fingerprint density at radius 1 is 1.39 bits per heavy atom. The molecule has 0 saturated carbocycles. The van der Waals surface area contributed by atoms with Crippen molar-refractivity contribution in [3.05, 3.63) is 42.0 Å². The van der Waals surface area contributed by atoms with Crippen LogP contribution >= 0.6 is 0 Å². The van der Waals surface area contributed by atoms with Crippen molar-refractivity contribution < 1.29 is 9.84 Å². The minimum atomic E-state index is 0.209. The maximum Gasteiger partial charge on any atom is 0.130 e. The number of hydrogen-bond acceptors (Lipinski definition) is 3. The van der Waals surface area contributed by atoms with Gasteiger partial charge in [0.15, 0.2) is 0 Å². The third-order valence-electron chi connectivity index (χ3n) is 2.78. The van der Waals surface area contributed by atoms with E-state index in [-0.39, 0.29) is 5.75 Å². The predicted molar refractivity (Wildman–Crippen MR) is 69.8 cm³/mol. The normalized spacial score (nSPS) is 10.9. The molecule has 0 amide bonds. The minimum absolute atomic E-state index is 0.209. The average molecular weight is 246 g/mol. The summed E-state index contributed by atoms with van der Waals surface area (Å²) in [7, 11) is 0. The van der Waals surface area contributed by atoms with Crippen molar-refractivity contribution in [2.45, 2.75) is 33.4 Å². The van der Waals surface area contributed by atoms with Gasteiger partial charge >= 0.3 is 0 Å². The zero-order valence-corrected chi connectivity index (χ0v) is 10.9. The van der Waals surface area contributed by atoms with E-state index in [4.69, 9.17) is 4.74 Å². The monoisotopic (exact) mass is 246 g/mol. The van der Waals surface area contributed by atoms with Crippen molar-refractivity contribution in [1.82, 2.24) is 9.55 Å². The van der Waals surface area contributed by atoms with Crippen LogP contribution in [0.15, 0.2) is 30.5 Å². The smallest absolute Gasteiger partial charge is 0.130 e. The number of nitrogens with zero attached hydrogens (tertiary/aromatic N) is 2. The van der Waals surface area contributed by atoms with E-state index in [1.165, 1.54) is 0 Å². The van der Waals surface area contributed by atoms with Crippen molar-refractivity contribution in [2.24, 2.45) is 0 Å². The van der Waals surface area contributed by atoms with Crippen molar-refractivity contribution in [3.63, 3.8) is 0 Å². The second kappa shape index (κ2) is 5.12. The molecule has 1 N–H and O–H groups in total. The SMILES string of the molecule is Cc1ncc(COc2cccc(O)c2)n1C(C)C. The lowest BCUT2D eigenvalue weighted by Crippen LogP contribution is -2.09. The van der Waals surface area contributed by atoms with Gasteiger partial charge in [-0.1, -0.05) is 6.07 Å². The third kappa shape index (κ3) is 2.64. The van der Waals surface area contributed by atoms with Gasteiger partial charge in [0.1, 0.15) is 23.9 Å². The van der Waals surface area contributed by atoms with Crippen LogP contribution in [0.5, 0.6) is 11.5 Å². The standard InChI is InChI=1S/C14H18N2O2/c1-10(2)16-11(3)15-8-12(16)9-18-14-6-4-5-13(17)7-14/h4-8,10,17H,9H2,1-3H3. The highest BCUT2D eigenvalue weighted by atomic mass is 16.5. The molecule has 0 fully saturated rings. The Morgan fingerprint density at radius 3 is 2.83 bits per heavy atom. The lowest BCUT2D eigenvalue weighted by Gasteiger charge is -2.14. The van der Waals surface area contributed by atoms with Crippen LogP contribution in [0.3, 0.4) is 0 Å². The molecule has 0 radical (unpaired) electrons. The molecule has 1 heterocycles. The summed E-state index contributed by atoms with van der Waals surface area (Å²) in [6.07, 6.45) is 1.83. The number of rotatable bonds is 4. The van der Waals surface area contributed by atoms with Gasteiger partial charge in [0.25, 0.3) is 0 Å². The van der Waals surface area contributed by atoms with Crippen molar-refractivity contribution in [3.8, 4) is 11.5 Å². The number of phenols is 1. The van der Waals surface area contributed by atoms with Crippen LogP contribution in [0.2, 0.25) is 0 Å². The summed E-state index contributed by atoms with van der Waals surface area (Å²) in [4.78, 5) is 4.30. The van der Waals surface area contributed by atoms with E-state index in [0.29, 0.717) is 18.4 Å². The summed E-state index contributed by atoms with van der Waals surface area (Å²) in [6, 6.07) is 7.16. The van der Waals surface area contributed by atoms with Gasteiger partial charge in [0.05, 0.1) is 11.9 Å². The minimum Gasteiger partial charge on any atom is -0.508 e. The molecular formula is C14H18N2O2. The molecule has 0 atom stereocenters. The maximum atomic E-state index is 9.36. The summed E-state index contributed by atoms with van der Waals surface area (Å²) >= 11 is 0. The Balaban J connectivity index is 2.11. The molecule has 96 valence electrons. The Hall–Kier alpha value is -1.97. The summed E-state index contributed by atoms with van der Waals surface area (Å²) in [5.41, 5.74) is 1.03. The molecular weight excluding hydrogens is 228 g/mol. The molecule has 0 aliphatic rings. The summed E-state index contributed by atoms with van der Waals surface area (Å²) in [5, 5.41) is 9.36. The molecule has 0 unspecified atom stereocenters. The lowest BCUT2D eigenvalue weighted by atomic mass is 10.3. The van der Waals surface area contributed by atoms with E-state index in [9.17, 15) is 5.11 Å². The molecule has 2 rings (SSSR count). The highest BCUT2D eigenvalue weighted by Gasteiger charge is 2.10. The van der Waals surface area contributed by atoms with E-state index in [1.54, 1.807) is 18.2 Å². The largest absolute Gasteiger partial charge is 0.508 e. The molecule has 0 aliphatic heterocycles. The lowest BCUT2D eigenvalue weighted by molar-refractivity contribution is 0.290. The van der Waals surface area contributed by atoms with Crippen LogP contribution in [0, 0.1) is 6.92 Å². The van der Waals surface area contributed by atoms with Gasteiger partial charge in [-0.3, -0.25) is 0 Å². The van der Waals surface area contributed by atoms with Gasteiger partial charge in [-0.25, -0.2) is 4.98 Å². The third-order valence-corrected chi connectivity index (χ3v) is 2.78. The van der Waals surface area contributed by atoms with Gasteiger partial charge in [-0.05, 0) is 32.9 Å². The quantitative estimate of drug-likeness (QED) is 0.901. The van der Waals surface area contributed by atoms with Gasteiger partial charge in [0, 0.05) is 12.1 Å². The predicted octanol–water partition coefficient (Wildman–Crippen LogP) is 3.06. The number of imidazole rings is 1.